The van der Waals surface area contributed by atoms with Crippen LogP contribution in [-0.2, 0) is 16.6 Å². The van der Waals surface area contributed by atoms with E-state index in [1.54, 1.807) is 35.6 Å². The Hall–Kier alpha value is -2.38. The van der Waals surface area contributed by atoms with Gasteiger partial charge in [-0.2, -0.15) is 0 Å². The molecule has 0 radical (unpaired) electrons. The van der Waals surface area contributed by atoms with Gasteiger partial charge in [0, 0.05) is 24.7 Å². The van der Waals surface area contributed by atoms with Crippen molar-refractivity contribution >= 4 is 32.9 Å². The van der Waals surface area contributed by atoms with E-state index >= 15 is 0 Å². The minimum Gasteiger partial charge on any atom is -0.355 e. The second-order valence-electron chi connectivity index (χ2n) is 6.24. The van der Waals surface area contributed by atoms with Crippen molar-refractivity contribution in [2.45, 2.75) is 25.3 Å². The van der Waals surface area contributed by atoms with Crippen molar-refractivity contribution in [3.05, 3.63) is 70.5 Å². The molecular formula is C20H23N3O2S2. The van der Waals surface area contributed by atoms with Gasteiger partial charge in [-0.3, -0.25) is 4.31 Å². The Bertz CT molecular complexity index is 984. The molecule has 7 heteroatoms. The van der Waals surface area contributed by atoms with Crippen molar-refractivity contribution in [2.24, 2.45) is 0 Å². The molecule has 0 spiro atoms. The Labute approximate surface area is 165 Å². The summed E-state index contributed by atoms with van der Waals surface area (Å²) >= 11 is 1.71. The fourth-order valence-corrected chi connectivity index (χ4v) is 5.20. The normalized spacial score (nSPS) is 11.4. The average molecular weight is 402 g/mol. The number of nitrogens with zero attached hydrogens (tertiary/aromatic N) is 3. The highest BCUT2D eigenvalue weighted by Crippen LogP contribution is 2.25. The minimum absolute atomic E-state index is 0.192. The summed E-state index contributed by atoms with van der Waals surface area (Å²) in [6, 6.07) is 14.6. The molecule has 0 unspecified atom stereocenters. The Balaban J connectivity index is 1.82. The molecule has 142 valence electrons. The van der Waals surface area contributed by atoms with Crippen LogP contribution in [0.1, 0.15) is 17.4 Å². The average Bonchev–Trinajstić information content (AvgIpc) is 3.07. The van der Waals surface area contributed by atoms with Crippen molar-refractivity contribution in [1.29, 1.82) is 0 Å². The number of aromatic nitrogens is 1. The molecule has 5 nitrogen and oxygen atoms in total. The molecule has 0 N–H and O–H groups in total. The van der Waals surface area contributed by atoms with Gasteiger partial charge in [-0.1, -0.05) is 18.2 Å². The SMILES string of the molecule is CCN(c1ccccc1)S(=O)(=O)c1ccc(N(C)Cc2sccc2C)nc1. The molecule has 0 atom stereocenters. The molecule has 0 fully saturated rings. The van der Waals surface area contributed by atoms with Crippen LogP contribution in [0.4, 0.5) is 11.5 Å². The van der Waals surface area contributed by atoms with Crippen molar-refractivity contribution in [3.8, 4) is 0 Å². The largest absolute Gasteiger partial charge is 0.355 e. The lowest BCUT2D eigenvalue weighted by molar-refractivity contribution is 0.591. The Kier molecular flexibility index (Phi) is 5.82. The number of rotatable bonds is 7. The number of hydrogen-bond acceptors (Lipinski definition) is 5. The van der Waals surface area contributed by atoms with E-state index in [0.29, 0.717) is 12.2 Å². The van der Waals surface area contributed by atoms with Crippen LogP contribution < -0.4 is 9.21 Å². The third-order valence-corrected chi connectivity index (χ3v) is 7.27. The summed E-state index contributed by atoms with van der Waals surface area (Å²) < 4.78 is 27.4. The Morgan fingerprint density at radius 3 is 2.37 bits per heavy atom. The molecule has 0 bridgehead atoms. The maximum absolute atomic E-state index is 13.0. The Morgan fingerprint density at radius 1 is 1.07 bits per heavy atom. The van der Waals surface area contributed by atoms with Crippen LogP contribution in [0.25, 0.3) is 0 Å². The number of pyridine rings is 1. The van der Waals surface area contributed by atoms with Crippen LogP contribution in [0.3, 0.4) is 0 Å². The molecule has 0 aliphatic rings. The van der Waals surface area contributed by atoms with Crippen molar-refractivity contribution < 1.29 is 8.42 Å². The minimum atomic E-state index is -3.65. The van der Waals surface area contributed by atoms with Gasteiger partial charge < -0.3 is 4.90 Å². The van der Waals surface area contributed by atoms with Gasteiger partial charge in [0.05, 0.1) is 12.2 Å². The van der Waals surface area contributed by atoms with Gasteiger partial charge in [0.1, 0.15) is 10.7 Å². The molecule has 3 rings (SSSR count). The molecule has 0 aliphatic carbocycles. The predicted octanol–water partition coefficient (Wildman–Crippen LogP) is 4.30. The second-order valence-corrected chi connectivity index (χ2v) is 9.10. The number of thiophene rings is 1. The summed E-state index contributed by atoms with van der Waals surface area (Å²) in [5, 5.41) is 2.07. The van der Waals surface area contributed by atoms with Gasteiger partial charge in [-0.05, 0) is 55.1 Å². The maximum Gasteiger partial charge on any atom is 0.265 e. The number of sulfonamides is 1. The zero-order valence-corrected chi connectivity index (χ0v) is 17.3. The van der Waals surface area contributed by atoms with Crippen LogP contribution in [0.2, 0.25) is 0 Å². The molecule has 0 amide bonds. The van der Waals surface area contributed by atoms with Gasteiger partial charge in [0.15, 0.2) is 0 Å². The van der Waals surface area contributed by atoms with E-state index < -0.39 is 10.0 Å². The van der Waals surface area contributed by atoms with E-state index in [2.05, 4.69) is 23.4 Å². The summed E-state index contributed by atoms with van der Waals surface area (Å²) in [6.45, 7) is 5.01. The lowest BCUT2D eigenvalue weighted by Crippen LogP contribution is -2.30. The fraction of sp³-hybridized carbons (Fsp3) is 0.250. The van der Waals surface area contributed by atoms with Crippen LogP contribution in [0.15, 0.2) is 65.0 Å². The summed E-state index contributed by atoms with van der Waals surface area (Å²) in [4.78, 5) is 7.88. The molecule has 0 aliphatic heterocycles. The monoisotopic (exact) mass is 401 g/mol. The van der Waals surface area contributed by atoms with Crippen LogP contribution >= 0.6 is 11.3 Å². The number of para-hydroxylation sites is 1. The molecule has 0 saturated carbocycles. The number of anilines is 2. The smallest absolute Gasteiger partial charge is 0.265 e. The first-order chi connectivity index (χ1) is 12.9. The van der Waals surface area contributed by atoms with Gasteiger partial charge in [-0.25, -0.2) is 13.4 Å². The lowest BCUT2D eigenvalue weighted by atomic mass is 10.3. The molecule has 1 aromatic carbocycles. The van der Waals surface area contributed by atoms with Gasteiger partial charge in [0.25, 0.3) is 10.0 Å². The third-order valence-electron chi connectivity index (χ3n) is 4.38. The molecule has 27 heavy (non-hydrogen) atoms. The van der Waals surface area contributed by atoms with E-state index in [-0.39, 0.29) is 4.90 Å². The summed E-state index contributed by atoms with van der Waals surface area (Å²) in [5.41, 5.74) is 1.90. The van der Waals surface area contributed by atoms with Crippen molar-refractivity contribution in [1.82, 2.24) is 4.98 Å². The maximum atomic E-state index is 13.0. The van der Waals surface area contributed by atoms with E-state index in [9.17, 15) is 8.42 Å². The van der Waals surface area contributed by atoms with Gasteiger partial charge in [-0.15, -0.1) is 11.3 Å². The molecular weight excluding hydrogens is 378 g/mol. The van der Waals surface area contributed by atoms with Crippen molar-refractivity contribution in [2.75, 3.05) is 22.8 Å². The third kappa shape index (κ3) is 4.14. The zero-order chi connectivity index (χ0) is 19.4. The van der Waals surface area contributed by atoms with Crippen molar-refractivity contribution in [3.63, 3.8) is 0 Å². The molecule has 2 aromatic heterocycles. The van der Waals surface area contributed by atoms with E-state index in [1.165, 1.54) is 20.9 Å². The summed E-state index contributed by atoms with van der Waals surface area (Å²) in [5.74, 6) is 0.740. The predicted molar refractivity (Wildman–Crippen MR) is 112 cm³/mol. The highest BCUT2D eigenvalue weighted by Gasteiger charge is 2.24. The highest BCUT2D eigenvalue weighted by molar-refractivity contribution is 7.92. The first-order valence-electron chi connectivity index (χ1n) is 8.71. The van der Waals surface area contributed by atoms with Crippen LogP contribution in [0, 0.1) is 6.92 Å². The van der Waals surface area contributed by atoms with E-state index in [1.807, 2.05) is 37.1 Å². The standard InChI is InChI=1S/C20H23N3O2S2/c1-4-23(17-8-6-5-7-9-17)27(24,25)18-10-11-20(21-14-18)22(3)15-19-16(2)12-13-26-19/h5-14H,4,15H2,1-3H3. The Morgan fingerprint density at radius 2 is 1.81 bits per heavy atom. The van der Waals surface area contributed by atoms with Crippen LogP contribution in [-0.4, -0.2) is 27.0 Å². The number of hydrogen-bond donors (Lipinski definition) is 0. The molecule has 3 aromatic rings. The quantitative estimate of drug-likeness (QED) is 0.592. The highest BCUT2D eigenvalue weighted by atomic mass is 32.2. The first kappa shape index (κ1) is 19.4. The zero-order valence-electron chi connectivity index (χ0n) is 15.7. The summed E-state index contributed by atoms with van der Waals surface area (Å²) in [6.07, 6.45) is 1.44. The second kappa shape index (κ2) is 8.10. The number of aryl methyl sites for hydroxylation is 1. The van der Waals surface area contributed by atoms with Gasteiger partial charge in [0.2, 0.25) is 0 Å². The number of benzene rings is 1. The van der Waals surface area contributed by atoms with E-state index in [4.69, 9.17) is 0 Å². The first-order valence-corrected chi connectivity index (χ1v) is 11.0. The van der Waals surface area contributed by atoms with E-state index in [0.717, 1.165) is 12.4 Å². The lowest BCUT2D eigenvalue weighted by Gasteiger charge is -2.23. The summed E-state index contributed by atoms with van der Waals surface area (Å²) in [7, 11) is -1.69. The molecule has 0 saturated heterocycles. The van der Waals surface area contributed by atoms with Gasteiger partial charge >= 0.3 is 0 Å². The molecule has 2 heterocycles. The topological polar surface area (TPSA) is 53.5 Å². The fourth-order valence-electron chi connectivity index (χ4n) is 2.83. The van der Waals surface area contributed by atoms with Crippen LogP contribution in [0.5, 0.6) is 0 Å².